The van der Waals surface area contributed by atoms with Gasteiger partial charge in [0.1, 0.15) is 6.10 Å². The lowest BCUT2D eigenvalue weighted by Crippen LogP contribution is -2.28. The summed E-state index contributed by atoms with van der Waals surface area (Å²) in [7, 11) is 0. The summed E-state index contributed by atoms with van der Waals surface area (Å²) in [5.74, 6) is -0.174. The van der Waals surface area contributed by atoms with E-state index < -0.39 is 6.10 Å². The van der Waals surface area contributed by atoms with Gasteiger partial charge in [-0.15, -0.1) is 0 Å². The lowest BCUT2D eigenvalue weighted by molar-refractivity contribution is -0.127. The van der Waals surface area contributed by atoms with Crippen molar-refractivity contribution in [3.05, 3.63) is 43.0 Å². The maximum Gasteiger partial charge on any atom is 0.253 e. The van der Waals surface area contributed by atoms with Crippen molar-refractivity contribution in [1.82, 2.24) is 9.55 Å². The number of nitrogens with one attached hydrogen (secondary N) is 1. The Morgan fingerprint density at radius 2 is 2.09 bits per heavy atom. The number of aromatic nitrogens is 2. The molecule has 118 valence electrons. The molecular formula is C16H21N3O3. The minimum atomic E-state index is -0.520. The first-order chi connectivity index (χ1) is 10.7. The minimum Gasteiger partial charge on any atom is -0.379 e. The molecule has 22 heavy (non-hydrogen) atoms. The standard InChI is InChI=1S/C16H21N3O3/c1-3-21-10-11-22-13(2)16(20)18-14-4-6-15(7-5-14)19-9-8-17-12-19/h4-9,12-13H,3,10-11H2,1-2H3,(H,18,20)/t13-/m1/s1. The molecule has 0 bridgehead atoms. The van der Waals surface area contributed by atoms with E-state index in [9.17, 15) is 4.79 Å². The maximum absolute atomic E-state index is 12.0. The number of anilines is 1. The number of hydrogen-bond donors (Lipinski definition) is 1. The van der Waals surface area contributed by atoms with Gasteiger partial charge in [-0.05, 0) is 38.1 Å². The molecule has 1 aromatic carbocycles. The second-order valence-corrected chi connectivity index (χ2v) is 4.72. The first-order valence-electron chi connectivity index (χ1n) is 7.29. The summed E-state index contributed by atoms with van der Waals surface area (Å²) in [4.78, 5) is 16.0. The molecule has 0 spiro atoms. The largest absolute Gasteiger partial charge is 0.379 e. The molecule has 0 fully saturated rings. The number of rotatable bonds is 8. The fourth-order valence-electron chi connectivity index (χ4n) is 1.88. The Balaban J connectivity index is 1.83. The normalized spacial score (nSPS) is 12.1. The molecule has 0 aliphatic rings. The first-order valence-corrected chi connectivity index (χ1v) is 7.29. The van der Waals surface area contributed by atoms with Gasteiger partial charge in [0, 0.05) is 30.4 Å². The van der Waals surface area contributed by atoms with Crippen molar-refractivity contribution in [2.75, 3.05) is 25.1 Å². The van der Waals surface area contributed by atoms with Crippen molar-refractivity contribution in [2.24, 2.45) is 0 Å². The smallest absolute Gasteiger partial charge is 0.253 e. The Hall–Kier alpha value is -2.18. The Morgan fingerprint density at radius 3 is 2.73 bits per heavy atom. The van der Waals surface area contributed by atoms with Crippen molar-refractivity contribution in [3.63, 3.8) is 0 Å². The van der Waals surface area contributed by atoms with Crippen LogP contribution in [0.25, 0.3) is 5.69 Å². The van der Waals surface area contributed by atoms with Crippen LogP contribution in [0.2, 0.25) is 0 Å². The second kappa shape index (κ2) is 8.31. The van der Waals surface area contributed by atoms with Gasteiger partial charge in [0.05, 0.1) is 19.5 Å². The summed E-state index contributed by atoms with van der Waals surface area (Å²) in [6.07, 6.45) is 4.79. The zero-order chi connectivity index (χ0) is 15.8. The number of imidazole rings is 1. The van der Waals surface area contributed by atoms with Crippen molar-refractivity contribution in [2.45, 2.75) is 20.0 Å². The summed E-state index contributed by atoms with van der Waals surface area (Å²) >= 11 is 0. The van der Waals surface area contributed by atoms with Gasteiger partial charge in [0.15, 0.2) is 0 Å². The first kappa shape index (κ1) is 16.2. The van der Waals surface area contributed by atoms with Crippen molar-refractivity contribution in [3.8, 4) is 5.69 Å². The van der Waals surface area contributed by atoms with Crippen LogP contribution in [-0.4, -0.2) is 41.4 Å². The highest BCUT2D eigenvalue weighted by atomic mass is 16.5. The van der Waals surface area contributed by atoms with E-state index in [0.29, 0.717) is 19.8 Å². The molecule has 0 aliphatic carbocycles. The number of carbonyl (C=O) groups is 1. The van der Waals surface area contributed by atoms with Gasteiger partial charge < -0.3 is 19.4 Å². The molecule has 1 amide bonds. The summed E-state index contributed by atoms with van der Waals surface area (Å²) in [6, 6.07) is 7.52. The van der Waals surface area contributed by atoms with Gasteiger partial charge in [-0.1, -0.05) is 0 Å². The molecule has 1 heterocycles. The number of benzene rings is 1. The fraction of sp³-hybridized carbons (Fsp3) is 0.375. The van der Waals surface area contributed by atoms with Crippen LogP contribution in [0.15, 0.2) is 43.0 Å². The SMILES string of the molecule is CCOCCO[C@H](C)C(=O)Nc1ccc(-n2ccnc2)cc1. The van der Waals surface area contributed by atoms with Crippen LogP contribution in [0, 0.1) is 0 Å². The number of carbonyl (C=O) groups excluding carboxylic acids is 1. The molecule has 0 radical (unpaired) electrons. The van der Waals surface area contributed by atoms with Gasteiger partial charge >= 0.3 is 0 Å². The van der Waals surface area contributed by atoms with Crippen LogP contribution in [0.4, 0.5) is 5.69 Å². The molecule has 1 N–H and O–H groups in total. The molecular weight excluding hydrogens is 282 g/mol. The van der Waals surface area contributed by atoms with Gasteiger partial charge in [0.25, 0.3) is 5.91 Å². The quantitative estimate of drug-likeness (QED) is 0.760. The van der Waals surface area contributed by atoms with Crippen LogP contribution in [0.3, 0.4) is 0 Å². The van der Waals surface area contributed by atoms with E-state index in [-0.39, 0.29) is 5.91 Å². The summed E-state index contributed by atoms with van der Waals surface area (Å²) in [6.45, 7) is 5.19. The highest BCUT2D eigenvalue weighted by Crippen LogP contribution is 2.13. The number of hydrogen-bond acceptors (Lipinski definition) is 4. The van der Waals surface area contributed by atoms with E-state index in [1.165, 1.54) is 0 Å². The van der Waals surface area contributed by atoms with Crippen LogP contribution < -0.4 is 5.32 Å². The lowest BCUT2D eigenvalue weighted by atomic mass is 10.2. The van der Waals surface area contributed by atoms with E-state index in [1.54, 1.807) is 19.4 Å². The number of ether oxygens (including phenoxy) is 2. The van der Waals surface area contributed by atoms with E-state index in [4.69, 9.17) is 9.47 Å². The van der Waals surface area contributed by atoms with Crippen molar-refractivity contribution < 1.29 is 14.3 Å². The average molecular weight is 303 g/mol. The lowest BCUT2D eigenvalue weighted by Gasteiger charge is -2.13. The zero-order valence-electron chi connectivity index (χ0n) is 12.9. The van der Waals surface area contributed by atoms with E-state index in [1.807, 2.05) is 42.0 Å². The molecule has 0 saturated carbocycles. The maximum atomic E-state index is 12.0. The molecule has 1 atom stereocenters. The van der Waals surface area contributed by atoms with Crippen molar-refractivity contribution >= 4 is 11.6 Å². The number of nitrogens with zero attached hydrogens (tertiary/aromatic N) is 2. The van der Waals surface area contributed by atoms with E-state index in [2.05, 4.69) is 10.3 Å². The number of amides is 1. The molecule has 6 nitrogen and oxygen atoms in total. The zero-order valence-corrected chi connectivity index (χ0v) is 12.9. The monoisotopic (exact) mass is 303 g/mol. The molecule has 2 aromatic rings. The van der Waals surface area contributed by atoms with Gasteiger partial charge in [0.2, 0.25) is 0 Å². The van der Waals surface area contributed by atoms with Gasteiger partial charge in [-0.3, -0.25) is 4.79 Å². The van der Waals surface area contributed by atoms with E-state index in [0.717, 1.165) is 11.4 Å². The molecule has 6 heteroatoms. The van der Waals surface area contributed by atoms with Crippen molar-refractivity contribution in [1.29, 1.82) is 0 Å². The molecule has 2 rings (SSSR count). The Bertz CT molecular complexity index is 567. The highest BCUT2D eigenvalue weighted by molar-refractivity contribution is 5.93. The van der Waals surface area contributed by atoms with Crippen LogP contribution in [0.1, 0.15) is 13.8 Å². The Labute approximate surface area is 130 Å². The Morgan fingerprint density at radius 1 is 1.32 bits per heavy atom. The molecule has 1 aromatic heterocycles. The summed E-state index contributed by atoms with van der Waals surface area (Å²) in [5.41, 5.74) is 1.71. The molecule has 0 aliphatic heterocycles. The topological polar surface area (TPSA) is 65.4 Å². The average Bonchev–Trinajstić information content (AvgIpc) is 3.06. The predicted octanol–water partition coefficient (Wildman–Crippen LogP) is 2.25. The predicted molar refractivity (Wildman–Crippen MR) is 84.1 cm³/mol. The van der Waals surface area contributed by atoms with Gasteiger partial charge in [-0.25, -0.2) is 4.98 Å². The highest BCUT2D eigenvalue weighted by Gasteiger charge is 2.13. The molecule has 0 unspecified atom stereocenters. The van der Waals surface area contributed by atoms with Crippen LogP contribution in [0.5, 0.6) is 0 Å². The third-order valence-corrected chi connectivity index (χ3v) is 3.11. The summed E-state index contributed by atoms with van der Waals surface area (Å²) in [5, 5.41) is 2.83. The molecule has 0 saturated heterocycles. The van der Waals surface area contributed by atoms with Crippen LogP contribution in [-0.2, 0) is 14.3 Å². The fourth-order valence-corrected chi connectivity index (χ4v) is 1.88. The third-order valence-electron chi connectivity index (χ3n) is 3.11. The Kier molecular flexibility index (Phi) is 6.12. The third kappa shape index (κ3) is 4.68. The summed E-state index contributed by atoms with van der Waals surface area (Å²) < 4.78 is 12.5. The van der Waals surface area contributed by atoms with Gasteiger partial charge in [-0.2, -0.15) is 0 Å². The minimum absolute atomic E-state index is 0.174. The van der Waals surface area contributed by atoms with E-state index >= 15 is 0 Å². The van der Waals surface area contributed by atoms with Crippen LogP contribution >= 0.6 is 0 Å². The second-order valence-electron chi connectivity index (χ2n) is 4.72.